The molecule has 0 atom stereocenters. The van der Waals surface area contributed by atoms with Gasteiger partial charge in [0, 0.05) is 11.9 Å². The molecule has 17 heavy (non-hydrogen) atoms. The van der Waals surface area contributed by atoms with E-state index in [1.807, 2.05) is 12.1 Å². The van der Waals surface area contributed by atoms with Crippen LogP contribution in [0.25, 0.3) is 0 Å². The number of nitrogens with zero attached hydrogens (tertiary/aromatic N) is 1. The van der Waals surface area contributed by atoms with Crippen LogP contribution in [0.3, 0.4) is 0 Å². The Labute approximate surface area is 98.8 Å². The van der Waals surface area contributed by atoms with Crippen LogP contribution in [0.1, 0.15) is 16.1 Å². The molecule has 0 amide bonds. The molecule has 2 aromatic rings. The Morgan fingerprint density at radius 2 is 2.29 bits per heavy atom. The Morgan fingerprint density at radius 1 is 1.47 bits per heavy atom. The first-order valence-corrected chi connectivity index (χ1v) is 5.19. The van der Waals surface area contributed by atoms with Crippen molar-refractivity contribution in [3.8, 4) is 0 Å². The van der Waals surface area contributed by atoms with Gasteiger partial charge in [-0.3, -0.25) is 0 Å². The van der Waals surface area contributed by atoms with E-state index in [1.165, 1.54) is 7.11 Å². The normalized spacial score (nSPS) is 9.94. The number of imidazole rings is 1. The maximum absolute atomic E-state index is 11.5. The van der Waals surface area contributed by atoms with Gasteiger partial charge >= 0.3 is 5.97 Å². The maximum Gasteiger partial charge on any atom is 0.339 e. The van der Waals surface area contributed by atoms with Crippen LogP contribution >= 0.6 is 0 Å². The molecule has 0 aliphatic carbocycles. The molecule has 0 fully saturated rings. The molecule has 0 saturated carbocycles. The number of esters is 1. The summed E-state index contributed by atoms with van der Waals surface area (Å²) in [5, 5.41) is 3.16. The molecule has 5 nitrogen and oxygen atoms in total. The van der Waals surface area contributed by atoms with Crippen molar-refractivity contribution in [1.29, 1.82) is 0 Å². The number of aromatic nitrogens is 2. The number of rotatable bonds is 4. The van der Waals surface area contributed by atoms with Gasteiger partial charge in [-0.1, -0.05) is 12.1 Å². The third-order valence-electron chi connectivity index (χ3n) is 2.36. The minimum Gasteiger partial charge on any atom is -0.465 e. The topological polar surface area (TPSA) is 67.0 Å². The highest BCUT2D eigenvalue weighted by atomic mass is 16.5. The van der Waals surface area contributed by atoms with Crippen LogP contribution in [0, 0.1) is 0 Å². The third-order valence-corrected chi connectivity index (χ3v) is 2.36. The monoisotopic (exact) mass is 231 g/mol. The fourth-order valence-corrected chi connectivity index (χ4v) is 1.50. The molecule has 2 rings (SSSR count). The smallest absolute Gasteiger partial charge is 0.339 e. The van der Waals surface area contributed by atoms with Crippen molar-refractivity contribution in [2.45, 2.75) is 6.54 Å². The Morgan fingerprint density at radius 3 is 3.00 bits per heavy atom. The molecule has 0 radical (unpaired) electrons. The van der Waals surface area contributed by atoms with Crippen LogP contribution in [0.5, 0.6) is 0 Å². The van der Waals surface area contributed by atoms with Gasteiger partial charge < -0.3 is 15.0 Å². The summed E-state index contributed by atoms with van der Waals surface area (Å²) in [6.45, 7) is 0.577. The van der Waals surface area contributed by atoms with Gasteiger partial charge in [-0.15, -0.1) is 0 Å². The van der Waals surface area contributed by atoms with E-state index in [1.54, 1.807) is 24.7 Å². The Bertz CT molecular complexity index is 494. The second-order valence-electron chi connectivity index (χ2n) is 3.47. The lowest BCUT2D eigenvalue weighted by molar-refractivity contribution is 0.0602. The van der Waals surface area contributed by atoms with Crippen molar-refractivity contribution in [3.63, 3.8) is 0 Å². The highest BCUT2D eigenvalue weighted by Gasteiger charge is 2.10. The van der Waals surface area contributed by atoms with Gasteiger partial charge in [-0.05, 0) is 12.1 Å². The minimum atomic E-state index is -0.349. The lowest BCUT2D eigenvalue weighted by atomic mass is 10.2. The van der Waals surface area contributed by atoms with Crippen LogP contribution in [0.15, 0.2) is 36.8 Å². The van der Waals surface area contributed by atoms with Gasteiger partial charge in [0.1, 0.15) is 0 Å². The number of anilines is 1. The summed E-state index contributed by atoms with van der Waals surface area (Å²) >= 11 is 0. The molecule has 0 aliphatic heterocycles. The lowest BCUT2D eigenvalue weighted by Gasteiger charge is -2.09. The number of carbonyl (C=O) groups excluding carboxylic acids is 1. The van der Waals surface area contributed by atoms with E-state index in [0.717, 1.165) is 11.4 Å². The average molecular weight is 231 g/mol. The average Bonchev–Trinajstić information content (AvgIpc) is 2.89. The first-order chi connectivity index (χ1) is 8.31. The quantitative estimate of drug-likeness (QED) is 0.787. The summed E-state index contributed by atoms with van der Waals surface area (Å²) in [6, 6.07) is 7.22. The molecular weight excluding hydrogens is 218 g/mol. The van der Waals surface area contributed by atoms with Crippen molar-refractivity contribution in [2.24, 2.45) is 0 Å². The van der Waals surface area contributed by atoms with E-state index >= 15 is 0 Å². The molecule has 88 valence electrons. The molecule has 5 heteroatoms. The number of carbonyl (C=O) groups is 1. The Balaban J connectivity index is 2.12. The molecule has 1 aromatic carbocycles. The molecule has 1 heterocycles. The number of methoxy groups -OCH3 is 1. The first kappa shape index (κ1) is 11.2. The molecular formula is C12H13N3O2. The maximum atomic E-state index is 11.5. The lowest BCUT2D eigenvalue weighted by Crippen LogP contribution is -2.08. The molecule has 0 aliphatic rings. The summed E-state index contributed by atoms with van der Waals surface area (Å²) in [4.78, 5) is 18.4. The van der Waals surface area contributed by atoms with Gasteiger partial charge in [-0.2, -0.15) is 0 Å². The second kappa shape index (κ2) is 5.16. The molecule has 0 unspecified atom stereocenters. The highest BCUT2D eigenvalue weighted by molar-refractivity contribution is 5.95. The van der Waals surface area contributed by atoms with Crippen LogP contribution < -0.4 is 5.32 Å². The zero-order chi connectivity index (χ0) is 12.1. The molecule has 0 bridgehead atoms. The number of ether oxygens (including phenoxy) is 1. The zero-order valence-corrected chi connectivity index (χ0v) is 9.43. The predicted octanol–water partition coefficient (Wildman–Crippen LogP) is 1.81. The fourth-order valence-electron chi connectivity index (χ4n) is 1.50. The molecule has 0 spiro atoms. The van der Waals surface area contributed by atoms with Crippen LogP contribution in [-0.2, 0) is 11.3 Å². The fraction of sp³-hybridized carbons (Fsp3) is 0.167. The second-order valence-corrected chi connectivity index (χ2v) is 3.47. The van der Waals surface area contributed by atoms with Gasteiger partial charge in [0.05, 0.1) is 31.2 Å². The van der Waals surface area contributed by atoms with Gasteiger partial charge in [0.25, 0.3) is 0 Å². The Kier molecular flexibility index (Phi) is 3.40. The van der Waals surface area contributed by atoms with E-state index in [9.17, 15) is 4.79 Å². The highest BCUT2D eigenvalue weighted by Crippen LogP contribution is 2.16. The first-order valence-electron chi connectivity index (χ1n) is 5.19. The number of aromatic amines is 1. The van der Waals surface area contributed by atoms with Crippen LogP contribution in [0.2, 0.25) is 0 Å². The number of benzene rings is 1. The van der Waals surface area contributed by atoms with Crippen molar-refractivity contribution in [1.82, 2.24) is 9.97 Å². The third kappa shape index (κ3) is 2.63. The SMILES string of the molecule is COC(=O)c1ccccc1NCc1cnc[nH]1. The van der Waals surface area contributed by atoms with Gasteiger partial charge in [0.15, 0.2) is 0 Å². The number of H-pyrrole nitrogens is 1. The number of hydrogen-bond donors (Lipinski definition) is 2. The number of para-hydroxylation sites is 1. The standard InChI is InChI=1S/C12H13N3O2/c1-17-12(16)10-4-2-3-5-11(10)14-7-9-6-13-8-15-9/h2-6,8,14H,7H2,1H3,(H,13,15). The van der Waals surface area contributed by atoms with E-state index in [-0.39, 0.29) is 5.97 Å². The number of hydrogen-bond acceptors (Lipinski definition) is 4. The predicted molar refractivity (Wildman–Crippen MR) is 63.7 cm³/mol. The van der Waals surface area contributed by atoms with Gasteiger partial charge in [0.2, 0.25) is 0 Å². The van der Waals surface area contributed by atoms with E-state index in [2.05, 4.69) is 15.3 Å². The number of nitrogens with one attached hydrogen (secondary N) is 2. The van der Waals surface area contributed by atoms with Crippen LogP contribution in [-0.4, -0.2) is 23.0 Å². The molecule has 1 aromatic heterocycles. The van der Waals surface area contributed by atoms with Crippen LogP contribution in [0.4, 0.5) is 5.69 Å². The Hall–Kier alpha value is -2.30. The van der Waals surface area contributed by atoms with Gasteiger partial charge in [-0.25, -0.2) is 9.78 Å². The van der Waals surface area contributed by atoms with Crippen molar-refractivity contribution < 1.29 is 9.53 Å². The summed E-state index contributed by atoms with van der Waals surface area (Å²) in [7, 11) is 1.37. The van der Waals surface area contributed by atoms with Crippen molar-refractivity contribution >= 4 is 11.7 Å². The summed E-state index contributed by atoms with van der Waals surface area (Å²) in [5.74, 6) is -0.349. The van der Waals surface area contributed by atoms with E-state index in [0.29, 0.717) is 12.1 Å². The van der Waals surface area contributed by atoms with E-state index < -0.39 is 0 Å². The zero-order valence-electron chi connectivity index (χ0n) is 9.43. The summed E-state index contributed by atoms with van der Waals surface area (Å²) in [5.41, 5.74) is 2.22. The van der Waals surface area contributed by atoms with Crippen molar-refractivity contribution in [3.05, 3.63) is 48.0 Å². The molecule has 0 saturated heterocycles. The summed E-state index contributed by atoms with van der Waals surface area (Å²) < 4.78 is 4.71. The van der Waals surface area contributed by atoms with E-state index in [4.69, 9.17) is 4.74 Å². The molecule has 2 N–H and O–H groups in total. The largest absolute Gasteiger partial charge is 0.465 e. The van der Waals surface area contributed by atoms with Crippen molar-refractivity contribution in [2.75, 3.05) is 12.4 Å². The summed E-state index contributed by atoms with van der Waals surface area (Å²) in [6.07, 6.45) is 3.34. The minimum absolute atomic E-state index is 0.349.